The quantitative estimate of drug-likeness (QED) is 0.588. The van der Waals surface area contributed by atoms with E-state index in [9.17, 15) is 9.59 Å². The summed E-state index contributed by atoms with van der Waals surface area (Å²) >= 11 is 1.52. The third-order valence-electron chi connectivity index (χ3n) is 4.60. The summed E-state index contributed by atoms with van der Waals surface area (Å²) in [6.07, 6.45) is 0. The smallest absolute Gasteiger partial charge is 0.257 e. The fourth-order valence-corrected chi connectivity index (χ4v) is 3.82. The number of anilines is 2. The first-order valence-corrected chi connectivity index (χ1v) is 10.3. The molecule has 0 aliphatic carbocycles. The Bertz CT molecular complexity index is 1020. The number of benzene rings is 1. The number of hydrogen-bond acceptors (Lipinski definition) is 8. The van der Waals surface area contributed by atoms with Crippen molar-refractivity contribution in [2.24, 2.45) is 0 Å². The third-order valence-corrected chi connectivity index (χ3v) is 5.46. The van der Waals surface area contributed by atoms with Gasteiger partial charge in [-0.3, -0.25) is 19.4 Å². The predicted molar refractivity (Wildman–Crippen MR) is 112 cm³/mol. The molecule has 9 nitrogen and oxygen atoms in total. The van der Waals surface area contributed by atoms with Gasteiger partial charge in [0.15, 0.2) is 0 Å². The van der Waals surface area contributed by atoms with E-state index >= 15 is 0 Å². The minimum absolute atomic E-state index is 0.0168. The average Bonchev–Trinajstić information content (AvgIpc) is 3.43. The zero-order valence-corrected chi connectivity index (χ0v) is 17.2. The van der Waals surface area contributed by atoms with Crippen molar-refractivity contribution in [1.82, 2.24) is 15.1 Å². The lowest BCUT2D eigenvalue weighted by Gasteiger charge is -2.31. The summed E-state index contributed by atoms with van der Waals surface area (Å²) < 4.78 is 10.9. The van der Waals surface area contributed by atoms with Crippen LogP contribution in [0.5, 0.6) is 0 Å². The molecule has 2 amide bonds. The number of hydrogen-bond donors (Lipinski definition) is 1. The summed E-state index contributed by atoms with van der Waals surface area (Å²) in [7, 11) is 1.60. The van der Waals surface area contributed by atoms with E-state index in [1.54, 1.807) is 13.2 Å². The van der Waals surface area contributed by atoms with Crippen LogP contribution in [0.15, 0.2) is 46.2 Å². The Morgan fingerprint density at radius 1 is 1.30 bits per heavy atom. The maximum absolute atomic E-state index is 13.1. The molecule has 0 fully saturated rings. The molecule has 1 aliphatic heterocycles. The lowest BCUT2D eigenvalue weighted by Crippen LogP contribution is -2.47. The highest BCUT2D eigenvalue weighted by molar-refractivity contribution is 7.13. The number of amides is 2. The van der Waals surface area contributed by atoms with Gasteiger partial charge in [-0.1, -0.05) is 18.2 Å². The van der Waals surface area contributed by atoms with Gasteiger partial charge in [0.25, 0.3) is 5.89 Å². The predicted octanol–water partition coefficient (Wildman–Crippen LogP) is 2.23. The van der Waals surface area contributed by atoms with E-state index in [4.69, 9.17) is 9.15 Å². The van der Waals surface area contributed by atoms with Crippen LogP contribution >= 0.6 is 11.3 Å². The molecule has 30 heavy (non-hydrogen) atoms. The number of aromatic nitrogens is 2. The largest absolute Gasteiger partial charge is 0.419 e. The summed E-state index contributed by atoms with van der Waals surface area (Å²) in [6.45, 7) is 1.31. The third kappa shape index (κ3) is 4.56. The molecule has 1 aliphatic rings. The Morgan fingerprint density at radius 3 is 2.97 bits per heavy atom. The van der Waals surface area contributed by atoms with Crippen LogP contribution < -0.4 is 10.2 Å². The van der Waals surface area contributed by atoms with Crippen molar-refractivity contribution < 1.29 is 18.7 Å². The molecule has 0 atom stereocenters. The molecular weight excluding hydrogens is 406 g/mol. The first kappa shape index (κ1) is 20.2. The van der Waals surface area contributed by atoms with Crippen molar-refractivity contribution in [1.29, 1.82) is 0 Å². The van der Waals surface area contributed by atoms with Gasteiger partial charge in [-0.2, -0.15) is 0 Å². The molecule has 3 aromatic rings. The number of ether oxygens (including phenoxy) is 1. The van der Waals surface area contributed by atoms with Gasteiger partial charge in [0.1, 0.15) is 6.54 Å². The number of carbonyl (C=O) groups is 2. The number of carbonyl (C=O) groups excluding carboxylic acids is 2. The molecule has 3 heterocycles. The Morgan fingerprint density at radius 2 is 2.17 bits per heavy atom. The van der Waals surface area contributed by atoms with Crippen molar-refractivity contribution in [2.75, 3.05) is 43.6 Å². The molecule has 156 valence electrons. The molecule has 0 saturated heterocycles. The van der Waals surface area contributed by atoms with E-state index in [0.717, 1.165) is 4.88 Å². The monoisotopic (exact) mass is 427 g/mol. The zero-order valence-electron chi connectivity index (χ0n) is 16.4. The van der Waals surface area contributed by atoms with E-state index in [-0.39, 0.29) is 24.9 Å². The fourth-order valence-electron chi connectivity index (χ4n) is 3.18. The summed E-state index contributed by atoms with van der Waals surface area (Å²) in [5.74, 6) is 0.466. The van der Waals surface area contributed by atoms with E-state index in [0.29, 0.717) is 42.9 Å². The maximum Gasteiger partial charge on any atom is 0.257 e. The van der Waals surface area contributed by atoms with Crippen molar-refractivity contribution in [3.63, 3.8) is 0 Å². The number of methoxy groups -OCH3 is 1. The summed E-state index contributed by atoms with van der Waals surface area (Å²) in [6, 6.07) is 11.1. The molecule has 0 radical (unpaired) electrons. The average molecular weight is 427 g/mol. The molecule has 0 saturated carbocycles. The lowest BCUT2D eigenvalue weighted by atomic mass is 10.2. The minimum Gasteiger partial charge on any atom is -0.419 e. The van der Waals surface area contributed by atoms with Crippen LogP contribution in [0.2, 0.25) is 0 Å². The number of nitrogens with one attached hydrogen (secondary N) is 1. The van der Waals surface area contributed by atoms with E-state index in [2.05, 4.69) is 15.5 Å². The Hall–Kier alpha value is -3.08. The Labute approximate surface area is 177 Å². The highest BCUT2D eigenvalue weighted by Crippen LogP contribution is 2.29. The number of rotatable bonds is 8. The molecule has 4 rings (SSSR count). The van der Waals surface area contributed by atoms with Gasteiger partial charge < -0.3 is 14.5 Å². The van der Waals surface area contributed by atoms with E-state index in [1.165, 1.54) is 16.2 Å². The molecule has 2 aromatic heterocycles. The maximum atomic E-state index is 13.1. The van der Waals surface area contributed by atoms with Crippen LogP contribution in [-0.4, -0.2) is 60.3 Å². The molecule has 1 aromatic carbocycles. The summed E-state index contributed by atoms with van der Waals surface area (Å²) in [4.78, 5) is 29.4. The van der Waals surface area contributed by atoms with Gasteiger partial charge in [-0.15, -0.1) is 21.5 Å². The van der Waals surface area contributed by atoms with Gasteiger partial charge in [-0.25, -0.2) is 0 Å². The van der Waals surface area contributed by atoms with E-state index in [1.807, 2.05) is 40.6 Å². The SMILES string of the molecule is COCCN(CC(=O)N1CC(=O)Nc2ccccc21)Cc1nnc(-c2cccs2)o1. The van der Waals surface area contributed by atoms with Crippen LogP contribution in [0.1, 0.15) is 5.89 Å². The molecular formula is C20H21N5O4S. The second kappa shape index (κ2) is 9.16. The van der Waals surface area contributed by atoms with Gasteiger partial charge in [0.2, 0.25) is 17.7 Å². The summed E-state index contributed by atoms with van der Waals surface area (Å²) in [5, 5.41) is 12.9. The molecule has 0 bridgehead atoms. The van der Waals surface area contributed by atoms with Crippen LogP contribution in [0.25, 0.3) is 10.8 Å². The minimum atomic E-state index is -0.219. The van der Waals surface area contributed by atoms with Crippen LogP contribution in [-0.2, 0) is 20.9 Å². The first-order valence-electron chi connectivity index (χ1n) is 9.41. The lowest BCUT2D eigenvalue weighted by molar-refractivity contribution is -0.123. The van der Waals surface area contributed by atoms with Crippen molar-refractivity contribution in [3.8, 4) is 10.8 Å². The first-order chi connectivity index (χ1) is 14.6. The van der Waals surface area contributed by atoms with Crippen LogP contribution in [0, 0.1) is 0 Å². The summed E-state index contributed by atoms with van der Waals surface area (Å²) in [5.41, 5.74) is 1.31. The standard InChI is InChI=1S/C20H21N5O4S/c1-28-9-8-24(12-18-22-23-20(29-18)16-7-4-10-30-16)13-19(27)25-11-17(26)21-14-5-2-3-6-15(14)25/h2-7,10H,8-9,11-13H2,1H3,(H,21,26). The molecule has 0 spiro atoms. The normalized spacial score (nSPS) is 13.4. The second-order valence-electron chi connectivity index (χ2n) is 6.73. The van der Waals surface area contributed by atoms with Crippen molar-refractivity contribution in [2.45, 2.75) is 6.54 Å². The van der Waals surface area contributed by atoms with Gasteiger partial charge in [-0.05, 0) is 23.6 Å². The van der Waals surface area contributed by atoms with Crippen molar-refractivity contribution >= 4 is 34.5 Å². The highest BCUT2D eigenvalue weighted by Gasteiger charge is 2.28. The topological polar surface area (TPSA) is 101 Å². The number of fused-ring (bicyclic) bond motifs is 1. The number of thiophene rings is 1. The van der Waals surface area contributed by atoms with Crippen LogP contribution in [0.3, 0.4) is 0 Å². The highest BCUT2D eigenvalue weighted by atomic mass is 32.1. The van der Waals surface area contributed by atoms with Crippen molar-refractivity contribution in [3.05, 3.63) is 47.7 Å². The van der Waals surface area contributed by atoms with Gasteiger partial charge >= 0.3 is 0 Å². The second-order valence-corrected chi connectivity index (χ2v) is 7.67. The number of nitrogens with zero attached hydrogens (tertiary/aromatic N) is 4. The van der Waals surface area contributed by atoms with Gasteiger partial charge in [0.05, 0.1) is 35.9 Å². The Balaban J connectivity index is 1.48. The Kier molecular flexibility index (Phi) is 6.17. The molecule has 0 unspecified atom stereocenters. The molecule has 10 heteroatoms. The number of para-hydroxylation sites is 2. The van der Waals surface area contributed by atoms with Gasteiger partial charge in [0, 0.05) is 13.7 Å². The molecule has 1 N–H and O–H groups in total. The van der Waals surface area contributed by atoms with Crippen LogP contribution in [0.4, 0.5) is 11.4 Å². The zero-order chi connectivity index (χ0) is 20.9. The fraction of sp³-hybridized carbons (Fsp3) is 0.300. The van der Waals surface area contributed by atoms with E-state index < -0.39 is 0 Å².